The van der Waals surface area contributed by atoms with Crippen LogP contribution in [0.2, 0.25) is 0 Å². The first-order valence-electron chi connectivity index (χ1n) is 7.37. The molecule has 1 aliphatic heterocycles. The molecule has 3 rings (SSSR count). The summed E-state index contributed by atoms with van der Waals surface area (Å²) in [6, 6.07) is 3.89. The maximum absolute atomic E-state index is 12.3. The molecule has 0 spiro atoms. The lowest BCUT2D eigenvalue weighted by Gasteiger charge is -2.39. The molecule has 1 aromatic heterocycles. The number of carbonyl (C=O) groups is 1. The number of nitrogens with zero attached hydrogens (tertiary/aromatic N) is 3. The standard InChI is InChI=1S/C15H21N3O2/c19-14-5-1-4-13(14)17-7-9-18(10-8-17)15(20)12-3-2-6-16-11-12/h2-3,6,11,13-14,19H,1,4-5,7-10H2. The number of rotatable bonds is 2. The van der Waals surface area contributed by atoms with E-state index in [0.29, 0.717) is 11.6 Å². The zero-order valence-corrected chi connectivity index (χ0v) is 11.6. The average Bonchev–Trinajstić information content (AvgIpc) is 2.94. The molecular formula is C15H21N3O2. The smallest absolute Gasteiger partial charge is 0.255 e. The Bertz CT molecular complexity index is 457. The van der Waals surface area contributed by atoms with Crippen LogP contribution in [0.1, 0.15) is 29.6 Å². The van der Waals surface area contributed by atoms with Crippen molar-refractivity contribution in [2.24, 2.45) is 0 Å². The SMILES string of the molecule is O=C(c1cccnc1)N1CCN(C2CCCC2O)CC1. The minimum absolute atomic E-state index is 0.0599. The number of aromatic nitrogens is 1. The van der Waals surface area contributed by atoms with Crippen molar-refractivity contribution in [1.82, 2.24) is 14.8 Å². The summed E-state index contributed by atoms with van der Waals surface area (Å²) < 4.78 is 0. The summed E-state index contributed by atoms with van der Waals surface area (Å²) in [5.74, 6) is 0.0599. The second kappa shape index (κ2) is 5.89. The molecule has 5 heteroatoms. The number of carbonyl (C=O) groups excluding carboxylic acids is 1. The predicted octanol–water partition coefficient (Wildman–Crippen LogP) is 0.753. The topological polar surface area (TPSA) is 56.7 Å². The molecule has 2 heterocycles. The molecular weight excluding hydrogens is 254 g/mol. The van der Waals surface area contributed by atoms with Crippen molar-refractivity contribution >= 4 is 5.91 Å². The summed E-state index contributed by atoms with van der Waals surface area (Å²) in [4.78, 5) is 20.5. The van der Waals surface area contributed by atoms with E-state index in [0.717, 1.165) is 45.4 Å². The molecule has 2 aliphatic rings. The van der Waals surface area contributed by atoms with Crippen molar-refractivity contribution in [1.29, 1.82) is 0 Å². The van der Waals surface area contributed by atoms with Crippen molar-refractivity contribution in [3.63, 3.8) is 0 Å². The molecule has 1 saturated carbocycles. The van der Waals surface area contributed by atoms with Gasteiger partial charge in [0.2, 0.25) is 0 Å². The lowest BCUT2D eigenvalue weighted by Crippen LogP contribution is -2.53. The summed E-state index contributed by atoms with van der Waals surface area (Å²) in [7, 11) is 0. The number of hydrogen-bond acceptors (Lipinski definition) is 4. The van der Waals surface area contributed by atoms with E-state index in [1.54, 1.807) is 18.5 Å². The van der Waals surface area contributed by atoms with Crippen LogP contribution >= 0.6 is 0 Å². The Morgan fingerprint density at radius 1 is 1.25 bits per heavy atom. The fourth-order valence-electron chi connectivity index (χ4n) is 3.28. The van der Waals surface area contributed by atoms with Crippen LogP contribution in [0.5, 0.6) is 0 Å². The monoisotopic (exact) mass is 275 g/mol. The number of amides is 1. The van der Waals surface area contributed by atoms with E-state index in [4.69, 9.17) is 0 Å². The summed E-state index contributed by atoms with van der Waals surface area (Å²) in [6.07, 6.45) is 6.22. The molecule has 0 aromatic carbocycles. The summed E-state index contributed by atoms with van der Waals surface area (Å²) >= 11 is 0. The molecule has 108 valence electrons. The van der Waals surface area contributed by atoms with Crippen molar-refractivity contribution in [2.75, 3.05) is 26.2 Å². The van der Waals surface area contributed by atoms with E-state index in [9.17, 15) is 9.90 Å². The van der Waals surface area contributed by atoms with Crippen LogP contribution in [0.4, 0.5) is 0 Å². The third-order valence-corrected chi connectivity index (χ3v) is 4.42. The molecule has 1 saturated heterocycles. The molecule has 5 nitrogen and oxygen atoms in total. The van der Waals surface area contributed by atoms with Crippen molar-refractivity contribution in [3.05, 3.63) is 30.1 Å². The van der Waals surface area contributed by atoms with E-state index in [1.165, 1.54) is 0 Å². The molecule has 0 bridgehead atoms. The minimum atomic E-state index is -0.185. The van der Waals surface area contributed by atoms with E-state index in [-0.39, 0.29) is 12.0 Å². The molecule has 20 heavy (non-hydrogen) atoms. The lowest BCUT2D eigenvalue weighted by atomic mass is 10.1. The first-order chi connectivity index (χ1) is 9.75. The largest absolute Gasteiger partial charge is 0.391 e. The first kappa shape index (κ1) is 13.5. The van der Waals surface area contributed by atoms with E-state index in [2.05, 4.69) is 9.88 Å². The molecule has 2 fully saturated rings. The highest BCUT2D eigenvalue weighted by Gasteiger charge is 2.33. The zero-order valence-electron chi connectivity index (χ0n) is 11.6. The van der Waals surface area contributed by atoms with Gasteiger partial charge in [-0.3, -0.25) is 14.7 Å². The first-order valence-corrected chi connectivity index (χ1v) is 7.37. The van der Waals surface area contributed by atoms with Gasteiger partial charge >= 0.3 is 0 Å². The zero-order chi connectivity index (χ0) is 13.9. The van der Waals surface area contributed by atoms with E-state index in [1.807, 2.05) is 11.0 Å². The highest BCUT2D eigenvalue weighted by molar-refractivity contribution is 5.93. The van der Waals surface area contributed by atoms with Crippen LogP contribution in [0.3, 0.4) is 0 Å². The molecule has 2 atom stereocenters. The third-order valence-electron chi connectivity index (χ3n) is 4.42. The van der Waals surface area contributed by atoms with Gasteiger partial charge in [-0.25, -0.2) is 0 Å². The van der Waals surface area contributed by atoms with Crippen LogP contribution in [0.25, 0.3) is 0 Å². The van der Waals surface area contributed by atoms with Gasteiger partial charge < -0.3 is 10.0 Å². The maximum atomic E-state index is 12.3. The fraction of sp³-hybridized carbons (Fsp3) is 0.600. The second-order valence-electron chi connectivity index (χ2n) is 5.64. The Hall–Kier alpha value is -1.46. The molecule has 2 unspecified atom stereocenters. The fourth-order valence-corrected chi connectivity index (χ4v) is 3.28. The van der Waals surface area contributed by atoms with Gasteiger partial charge in [0.25, 0.3) is 5.91 Å². The van der Waals surface area contributed by atoms with Crippen LogP contribution in [0, 0.1) is 0 Å². The normalized spacial score (nSPS) is 27.8. The number of pyridine rings is 1. The Kier molecular flexibility index (Phi) is 3.98. The van der Waals surface area contributed by atoms with Gasteiger partial charge in [0.1, 0.15) is 0 Å². The van der Waals surface area contributed by atoms with Crippen LogP contribution in [-0.4, -0.2) is 64.1 Å². The number of aliphatic hydroxyl groups excluding tert-OH is 1. The van der Waals surface area contributed by atoms with Crippen molar-refractivity contribution < 1.29 is 9.90 Å². The average molecular weight is 275 g/mol. The van der Waals surface area contributed by atoms with Gasteiger partial charge in [-0.05, 0) is 31.4 Å². The number of hydrogen-bond donors (Lipinski definition) is 1. The third kappa shape index (κ3) is 2.69. The Balaban J connectivity index is 1.57. The van der Waals surface area contributed by atoms with Gasteiger partial charge in [-0.1, -0.05) is 0 Å². The van der Waals surface area contributed by atoms with Gasteiger partial charge in [0.05, 0.1) is 11.7 Å². The molecule has 1 N–H and O–H groups in total. The molecule has 0 radical (unpaired) electrons. The van der Waals surface area contributed by atoms with Gasteiger partial charge in [0.15, 0.2) is 0 Å². The molecule has 1 aliphatic carbocycles. The lowest BCUT2D eigenvalue weighted by molar-refractivity contribution is 0.0315. The Morgan fingerprint density at radius 2 is 2.05 bits per heavy atom. The highest BCUT2D eigenvalue weighted by Crippen LogP contribution is 2.25. The summed E-state index contributed by atoms with van der Waals surface area (Å²) in [6.45, 7) is 3.18. The highest BCUT2D eigenvalue weighted by atomic mass is 16.3. The summed E-state index contributed by atoms with van der Waals surface area (Å²) in [5, 5.41) is 9.96. The quantitative estimate of drug-likeness (QED) is 0.865. The van der Waals surface area contributed by atoms with Crippen molar-refractivity contribution in [2.45, 2.75) is 31.4 Å². The number of aliphatic hydroxyl groups is 1. The van der Waals surface area contributed by atoms with E-state index >= 15 is 0 Å². The Labute approximate surface area is 119 Å². The second-order valence-corrected chi connectivity index (χ2v) is 5.64. The van der Waals surface area contributed by atoms with Gasteiger partial charge in [-0.2, -0.15) is 0 Å². The molecule has 1 amide bonds. The number of piperazine rings is 1. The van der Waals surface area contributed by atoms with E-state index < -0.39 is 0 Å². The minimum Gasteiger partial charge on any atom is -0.391 e. The van der Waals surface area contributed by atoms with Crippen LogP contribution in [-0.2, 0) is 0 Å². The molecule has 1 aromatic rings. The van der Waals surface area contributed by atoms with Gasteiger partial charge in [0, 0.05) is 44.6 Å². The van der Waals surface area contributed by atoms with Crippen LogP contribution in [0.15, 0.2) is 24.5 Å². The Morgan fingerprint density at radius 3 is 2.65 bits per heavy atom. The van der Waals surface area contributed by atoms with Crippen molar-refractivity contribution in [3.8, 4) is 0 Å². The van der Waals surface area contributed by atoms with Crippen LogP contribution < -0.4 is 0 Å². The summed E-state index contributed by atoms with van der Waals surface area (Å²) in [5.41, 5.74) is 0.654. The maximum Gasteiger partial charge on any atom is 0.255 e. The predicted molar refractivity (Wildman–Crippen MR) is 75.4 cm³/mol. The van der Waals surface area contributed by atoms with Gasteiger partial charge in [-0.15, -0.1) is 0 Å².